The number of aliphatic carboxylic acids is 2. The molecule has 0 spiro atoms. The molecule has 0 saturated carbocycles. The first-order valence-corrected chi connectivity index (χ1v) is 32.0. The van der Waals surface area contributed by atoms with Crippen molar-refractivity contribution in [3.05, 3.63) is 192 Å². The number of hydrogen-bond donors (Lipinski definition) is 6. The van der Waals surface area contributed by atoms with Crippen LogP contribution in [-0.2, 0) is 28.7 Å². The number of anilines is 2. The number of aliphatic hydroxyl groups excluding tert-OH is 1. The van der Waals surface area contributed by atoms with Crippen molar-refractivity contribution in [1.29, 1.82) is 0 Å². The van der Waals surface area contributed by atoms with Crippen molar-refractivity contribution in [1.82, 2.24) is 20.0 Å². The van der Waals surface area contributed by atoms with E-state index in [9.17, 15) is 33.9 Å². The number of carbonyl (C=O) groups is 5. The minimum Gasteiger partial charge on any atom is -0.479 e. The second-order valence-electron chi connectivity index (χ2n) is 22.2. The molecule has 3 amide bonds. The van der Waals surface area contributed by atoms with Crippen LogP contribution >= 0.6 is 69.6 Å². The summed E-state index contributed by atoms with van der Waals surface area (Å²) in [5, 5.41) is 37.9. The molecule has 3 atom stereocenters. The number of isocyanates is 1. The number of aliphatic imine (C=N–C) groups is 1. The number of hydrogen-bond acceptors (Lipinski definition) is 13. The van der Waals surface area contributed by atoms with Crippen LogP contribution in [0.5, 0.6) is 0 Å². The number of carbonyl (C=O) groups excluding carboxylic acids is 4. The number of nitrogens with one attached hydrogen (secondary N) is 3. The summed E-state index contributed by atoms with van der Waals surface area (Å²) in [6.45, 7) is 8.80. The zero-order valence-corrected chi connectivity index (χ0v) is 54.9. The second-order valence-corrected chi connectivity index (χ2v) is 24.7. The Kier molecular flexibility index (Phi) is 30.8. The fraction of sp³-hybridized carbons (Fsp3) is 0.373. The van der Waals surface area contributed by atoms with E-state index in [4.69, 9.17) is 89.3 Å². The van der Waals surface area contributed by atoms with Crippen LogP contribution in [0.4, 0.5) is 26.7 Å². The van der Waals surface area contributed by atoms with E-state index in [1.165, 1.54) is 95.0 Å². The third-order valence-electron chi connectivity index (χ3n) is 16.0. The Labute approximate surface area is 560 Å². The van der Waals surface area contributed by atoms with Crippen LogP contribution in [0.15, 0.2) is 151 Å². The summed E-state index contributed by atoms with van der Waals surface area (Å²) in [7, 11) is 4.42. The fourth-order valence-corrected chi connectivity index (χ4v) is 12.0. The third-order valence-corrected chi connectivity index (χ3v) is 17.8. The number of likely N-dealkylation sites (tertiary alicyclic amines) is 3. The first kappa shape index (κ1) is 73.3. The fourth-order valence-electron chi connectivity index (χ4n) is 10.9. The number of halogens is 6. The Hall–Kier alpha value is -6.77. The molecule has 486 valence electrons. The third kappa shape index (κ3) is 24.7. The van der Waals surface area contributed by atoms with Crippen molar-refractivity contribution in [3.8, 4) is 0 Å². The molecule has 4 aliphatic heterocycles. The van der Waals surface area contributed by atoms with Gasteiger partial charge in [0.15, 0.2) is 6.10 Å². The van der Waals surface area contributed by atoms with Gasteiger partial charge in [-0.2, -0.15) is 4.99 Å². The molecule has 0 aromatic heterocycles. The number of rotatable bonds is 13. The Morgan fingerprint density at radius 3 is 1.23 bits per heavy atom. The van der Waals surface area contributed by atoms with Gasteiger partial charge in [0.05, 0.1) is 5.69 Å². The van der Waals surface area contributed by atoms with Crippen LogP contribution in [0, 0.1) is 23.7 Å². The Bertz CT molecular complexity index is 3320. The molecule has 18 nitrogen and oxygen atoms in total. The Balaban J connectivity index is 0.000000197. The minimum absolute atomic E-state index is 0.197. The number of ether oxygens (including phenoxy) is 2. The van der Waals surface area contributed by atoms with Crippen LogP contribution in [0.25, 0.3) is 0 Å². The first-order chi connectivity index (χ1) is 43.7. The van der Waals surface area contributed by atoms with Gasteiger partial charge in [0.2, 0.25) is 18.3 Å². The minimum atomic E-state index is -1.54. The molecule has 24 heteroatoms. The van der Waals surface area contributed by atoms with Gasteiger partial charge in [-0.1, -0.05) is 124 Å². The smallest absolute Gasteiger partial charge is 0.412 e. The first-order valence-electron chi connectivity index (χ1n) is 29.7. The van der Waals surface area contributed by atoms with Gasteiger partial charge < -0.3 is 44.8 Å². The quantitative estimate of drug-likeness (QED) is 0.0466. The molecule has 4 saturated heterocycles. The molecule has 91 heavy (non-hydrogen) atoms. The number of benzene rings is 6. The van der Waals surface area contributed by atoms with Crippen molar-refractivity contribution in [3.63, 3.8) is 0 Å². The standard InChI is InChI=1S/C26H31Cl2N3O3.C15H11Cl2NO4.C11H22N2.C8H7ClO3.C7H4ClNO/c1-30-14-10-18(11-15-30)19-12-16-31(17-13-19)25(32)24(22-4-2-3-5-23(22)28)34-26(33)29-21-8-6-20(27)7-9-21;16-9-5-7-10(8-6-9)18-15(21)22-13(14(19)20)11-3-1-2-4-12(11)17;1-13-8-4-11(5-9-13)10-2-6-12-7-3-10;9-6-4-2-1-3-5(6)7(10)8(11)12;8-6-1-3-7(4-2-6)9-5-10/h2-9,18-19,24H,10-17H2,1H3,(H,29,33);1-8,13H,(H,18,21)(H,19,20);10-12H,2-9H2,1H3;1-4,7,10H,(H,11,12);1-4H/t24-;13-;;7-;/m11.1./s1. The molecule has 0 unspecified atom stereocenters. The van der Waals surface area contributed by atoms with Gasteiger partial charge in [0.1, 0.15) is 0 Å². The molecule has 4 heterocycles. The molecule has 0 aliphatic carbocycles. The van der Waals surface area contributed by atoms with Gasteiger partial charge in [0, 0.05) is 71.3 Å². The van der Waals surface area contributed by atoms with Crippen molar-refractivity contribution in [2.24, 2.45) is 28.7 Å². The van der Waals surface area contributed by atoms with E-state index in [0.717, 1.165) is 43.7 Å². The number of carboxylic acid groups (broad SMARTS) is 2. The number of carboxylic acids is 2. The topological polar surface area (TPSA) is 240 Å². The van der Waals surface area contributed by atoms with E-state index >= 15 is 0 Å². The summed E-state index contributed by atoms with van der Waals surface area (Å²) in [4.78, 5) is 79.5. The lowest BCUT2D eigenvalue weighted by atomic mass is 9.79. The highest BCUT2D eigenvalue weighted by molar-refractivity contribution is 6.33. The molecular formula is C67H75Cl6N7O11. The lowest BCUT2D eigenvalue weighted by Crippen LogP contribution is -2.44. The molecule has 4 fully saturated rings. The average Bonchev–Trinajstić information content (AvgIpc) is 1.44. The maximum absolute atomic E-state index is 13.5. The van der Waals surface area contributed by atoms with Crippen LogP contribution < -0.4 is 16.0 Å². The van der Waals surface area contributed by atoms with E-state index in [1.807, 2.05) is 4.90 Å². The largest absolute Gasteiger partial charge is 0.479 e. The van der Waals surface area contributed by atoms with Crippen molar-refractivity contribution >= 4 is 123 Å². The molecule has 6 N–H and O–H groups in total. The van der Waals surface area contributed by atoms with Gasteiger partial charge in [-0.3, -0.25) is 15.4 Å². The van der Waals surface area contributed by atoms with Crippen molar-refractivity contribution < 1.29 is 53.6 Å². The highest BCUT2D eigenvalue weighted by Crippen LogP contribution is 2.36. The molecule has 10 rings (SSSR count). The van der Waals surface area contributed by atoms with Crippen LogP contribution in [0.1, 0.15) is 86.4 Å². The summed E-state index contributed by atoms with van der Waals surface area (Å²) in [5.74, 6) is 0.594. The summed E-state index contributed by atoms with van der Waals surface area (Å²) in [6, 6.07) is 39.1. The SMILES string of the molecule is CN1CCC(C2CCN(C(=O)[C@H](OC(=O)Nc3ccc(Cl)cc3)c3ccccc3Cl)CC2)CC1.CN1CCC(C2CCNCC2)CC1.O=C(Nc1ccc(Cl)cc1)O[C@@H](C(=O)O)c1ccccc1Cl.O=C(O)[C@H](O)c1ccccc1Cl.O=C=Nc1ccc(Cl)cc1. The lowest BCUT2D eigenvalue weighted by molar-refractivity contribution is -0.147. The Morgan fingerprint density at radius 2 is 0.846 bits per heavy atom. The maximum Gasteiger partial charge on any atom is 0.412 e. The zero-order chi connectivity index (χ0) is 65.8. The van der Waals surface area contributed by atoms with Gasteiger partial charge in [-0.15, -0.1) is 0 Å². The number of amides is 3. The van der Waals surface area contributed by atoms with Crippen LogP contribution in [0.2, 0.25) is 30.1 Å². The van der Waals surface area contributed by atoms with E-state index < -0.39 is 42.4 Å². The number of piperidine rings is 4. The van der Waals surface area contributed by atoms with E-state index in [0.29, 0.717) is 61.7 Å². The molecule has 4 aliphatic rings. The highest BCUT2D eigenvalue weighted by atomic mass is 35.5. The molecular weight excluding hydrogens is 1290 g/mol. The molecule has 0 bridgehead atoms. The van der Waals surface area contributed by atoms with Gasteiger partial charge in [0.25, 0.3) is 5.91 Å². The van der Waals surface area contributed by atoms with E-state index in [-0.39, 0.29) is 27.1 Å². The summed E-state index contributed by atoms with van der Waals surface area (Å²) in [5.41, 5.74) is 2.42. The lowest BCUT2D eigenvalue weighted by Gasteiger charge is -2.40. The van der Waals surface area contributed by atoms with Crippen molar-refractivity contribution in [2.75, 3.05) is 77.1 Å². The predicted molar refractivity (Wildman–Crippen MR) is 358 cm³/mol. The second kappa shape index (κ2) is 38.3. The highest BCUT2D eigenvalue weighted by Gasteiger charge is 2.36. The van der Waals surface area contributed by atoms with E-state index in [2.05, 4.69) is 44.8 Å². The van der Waals surface area contributed by atoms with Crippen molar-refractivity contribution in [2.45, 2.75) is 69.7 Å². The van der Waals surface area contributed by atoms with Crippen LogP contribution in [0.3, 0.4) is 0 Å². The van der Waals surface area contributed by atoms with Gasteiger partial charge in [-0.05, 0) is 219 Å². The van der Waals surface area contributed by atoms with Crippen LogP contribution in [-0.4, -0.2) is 133 Å². The summed E-state index contributed by atoms with van der Waals surface area (Å²) in [6.07, 6.45) is 5.81. The molecule has 6 aromatic carbocycles. The zero-order valence-electron chi connectivity index (χ0n) is 50.4. The monoisotopic (exact) mass is 1360 g/mol. The normalized spacial score (nSPS) is 16.6. The van der Waals surface area contributed by atoms with E-state index in [1.54, 1.807) is 121 Å². The molecule has 6 aromatic rings. The predicted octanol–water partition coefficient (Wildman–Crippen LogP) is 15.3. The molecule has 0 radical (unpaired) electrons. The maximum atomic E-state index is 13.5. The summed E-state index contributed by atoms with van der Waals surface area (Å²) >= 11 is 35.2. The summed E-state index contributed by atoms with van der Waals surface area (Å²) < 4.78 is 10.6. The average molecular weight is 1370 g/mol. The number of aliphatic hydroxyl groups is 1. The number of nitrogens with zero attached hydrogens (tertiary/aromatic N) is 4. The Morgan fingerprint density at radius 1 is 0.495 bits per heavy atom. The van der Waals surface area contributed by atoms with Gasteiger partial charge in [-0.25, -0.2) is 24.0 Å². The van der Waals surface area contributed by atoms with Gasteiger partial charge >= 0.3 is 24.1 Å².